The van der Waals surface area contributed by atoms with E-state index in [0.29, 0.717) is 32.1 Å². The molecule has 228 valence electrons. The molecule has 0 saturated heterocycles. The van der Waals surface area contributed by atoms with Crippen LogP contribution in [0.15, 0.2) is 12.2 Å². The summed E-state index contributed by atoms with van der Waals surface area (Å²) < 4.78 is 24.8. The molecule has 1 fully saturated rings. The van der Waals surface area contributed by atoms with E-state index in [1.54, 1.807) is 0 Å². The maximum absolute atomic E-state index is 13.2. The summed E-state index contributed by atoms with van der Waals surface area (Å²) in [6.45, 7) is 22.4. The number of esters is 1. The van der Waals surface area contributed by atoms with Gasteiger partial charge in [-0.05, 0) is 90.5 Å². The van der Waals surface area contributed by atoms with Gasteiger partial charge in [0.15, 0.2) is 25.0 Å². The Labute approximate surface area is 243 Å². The number of hydrogen-bond acceptors (Lipinski definition) is 6. The van der Waals surface area contributed by atoms with Crippen molar-refractivity contribution in [3.8, 4) is 0 Å². The first-order chi connectivity index (χ1) is 17.9. The van der Waals surface area contributed by atoms with Crippen molar-refractivity contribution < 1.29 is 27.6 Å². The van der Waals surface area contributed by atoms with Crippen molar-refractivity contribution >= 4 is 36.7 Å². The summed E-state index contributed by atoms with van der Waals surface area (Å²) >= 11 is 0. The molecule has 5 atom stereocenters. The van der Waals surface area contributed by atoms with Crippen LogP contribution in [0.1, 0.15) is 71.1 Å². The lowest BCUT2D eigenvalue weighted by Gasteiger charge is -2.30. The van der Waals surface area contributed by atoms with Crippen molar-refractivity contribution in [1.29, 1.82) is 0 Å². The van der Waals surface area contributed by atoms with E-state index in [9.17, 15) is 9.59 Å². The fraction of sp³-hybridized carbons (Fsp3) is 0.867. The molecular weight excluding hydrogens is 541 g/mol. The number of unbranched alkanes of at least 4 members (excludes halogenated alkanes) is 3. The Morgan fingerprint density at radius 1 is 0.821 bits per heavy atom. The molecule has 5 unspecified atom stereocenters. The minimum Gasteiger partial charge on any atom is -0.469 e. The molecule has 0 aromatic rings. The zero-order valence-electron chi connectivity index (χ0n) is 27.1. The van der Waals surface area contributed by atoms with Crippen LogP contribution in [0.3, 0.4) is 0 Å². The quantitative estimate of drug-likeness (QED) is 0.0645. The minimum atomic E-state index is -1.83. The standard InChI is InChI=1S/C30H60O6Si3/c1-12-13-14-18-25(34-37(3,4)5)20-21-26-27(22-24(31)17-15-16-19-30(32)33-2)29(36-39(9,10)11)23-28(26)35-38(6,7)8/h20-21,25-29H,12-19,22-23H2,1-11H3/b21-20+. The van der Waals surface area contributed by atoms with Gasteiger partial charge in [0.25, 0.3) is 0 Å². The second-order valence-electron chi connectivity index (χ2n) is 14.2. The van der Waals surface area contributed by atoms with Crippen molar-refractivity contribution in [3.63, 3.8) is 0 Å². The van der Waals surface area contributed by atoms with Gasteiger partial charge in [0.05, 0.1) is 25.4 Å². The SMILES string of the molecule is CCCCCC(/C=C/C1C(O[Si](C)(C)C)CC(O[Si](C)(C)C)C1CC(=O)CCCCC(=O)OC)O[Si](C)(C)C. The van der Waals surface area contributed by atoms with Crippen LogP contribution in [-0.2, 0) is 27.6 Å². The fourth-order valence-corrected chi connectivity index (χ4v) is 8.79. The van der Waals surface area contributed by atoms with Gasteiger partial charge in [-0.2, -0.15) is 0 Å². The van der Waals surface area contributed by atoms with Crippen molar-refractivity contribution in [3.05, 3.63) is 12.2 Å². The van der Waals surface area contributed by atoms with Gasteiger partial charge in [-0.15, -0.1) is 0 Å². The zero-order chi connectivity index (χ0) is 29.9. The monoisotopic (exact) mass is 600 g/mol. The van der Waals surface area contributed by atoms with Gasteiger partial charge >= 0.3 is 5.97 Å². The summed E-state index contributed by atoms with van der Waals surface area (Å²) in [6, 6.07) is 0. The second-order valence-corrected chi connectivity index (χ2v) is 27.6. The first kappa shape index (κ1) is 36.4. The number of ketones is 1. The minimum absolute atomic E-state index is 0.0168. The third-order valence-electron chi connectivity index (χ3n) is 6.80. The molecule has 1 saturated carbocycles. The van der Waals surface area contributed by atoms with E-state index >= 15 is 0 Å². The van der Waals surface area contributed by atoms with Crippen LogP contribution in [0.25, 0.3) is 0 Å². The summed E-state index contributed by atoms with van der Waals surface area (Å²) in [5.74, 6) is 0.243. The van der Waals surface area contributed by atoms with Gasteiger partial charge < -0.3 is 18.0 Å². The third kappa shape index (κ3) is 16.4. The van der Waals surface area contributed by atoms with Crippen LogP contribution in [0.5, 0.6) is 0 Å². The maximum atomic E-state index is 13.2. The highest BCUT2D eigenvalue weighted by molar-refractivity contribution is 6.70. The average molecular weight is 601 g/mol. The zero-order valence-corrected chi connectivity index (χ0v) is 30.1. The Morgan fingerprint density at radius 2 is 1.41 bits per heavy atom. The van der Waals surface area contributed by atoms with Gasteiger partial charge in [-0.25, -0.2) is 0 Å². The molecule has 0 aliphatic heterocycles. The maximum Gasteiger partial charge on any atom is 0.305 e. The van der Waals surface area contributed by atoms with E-state index in [2.05, 4.69) is 78.0 Å². The van der Waals surface area contributed by atoms with Crippen LogP contribution in [0.2, 0.25) is 58.9 Å². The molecule has 0 bridgehead atoms. The highest BCUT2D eigenvalue weighted by Gasteiger charge is 2.46. The van der Waals surface area contributed by atoms with Crippen molar-refractivity contribution in [2.75, 3.05) is 7.11 Å². The van der Waals surface area contributed by atoms with Crippen molar-refractivity contribution in [2.45, 2.75) is 148 Å². The molecule has 0 spiro atoms. The fourth-order valence-electron chi connectivity index (χ4n) is 5.34. The highest BCUT2D eigenvalue weighted by atomic mass is 28.4. The van der Waals surface area contributed by atoms with Crippen LogP contribution in [0.4, 0.5) is 0 Å². The number of carbonyl (C=O) groups is 2. The van der Waals surface area contributed by atoms with Crippen LogP contribution < -0.4 is 0 Å². The largest absolute Gasteiger partial charge is 0.469 e. The smallest absolute Gasteiger partial charge is 0.305 e. The summed E-state index contributed by atoms with van der Waals surface area (Å²) in [7, 11) is -3.95. The van der Waals surface area contributed by atoms with Crippen molar-refractivity contribution in [1.82, 2.24) is 0 Å². The molecule has 1 aliphatic rings. The topological polar surface area (TPSA) is 71.1 Å². The number of hydrogen-bond donors (Lipinski definition) is 0. The third-order valence-corrected chi connectivity index (χ3v) is 9.83. The molecule has 0 N–H and O–H groups in total. The van der Waals surface area contributed by atoms with Gasteiger partial charge in [-0.1, -0.05) is 38.3 Å². The first-order valence-corrected chi connectivity index (χ1v) is 25.5. The van der Waals surface area contributed by atoms with E-state index in [4.69, 9.17) is 18.0 Å². The van der Waals surface area contributed by atoms with E-state index in [1.807, 2.05) is 0 Å². The normalized spacial score (nSPS) is 23.4. The molecule has 1 aliphatic carbocycles. The van der Waals surface area contributed by atoms with Crippen molar-refractivity contribution in [2.24, 2.45) is 11.8 Å². The highest BCUT2D eigenvalue weighted by Crippen LogP contribution is 2.42. The number of rotatable bonds is 19. The molecule has 0 aromatic heterocycles. The Hall–Kier alpha value is -0.589. The molecule has 6 nitrogen and oxygen atoms in total. The first-order valence-electron chi connectivity index (χ1n) is 15.2. The number of ether oxygens (including phenoxy) is 1. The summed E-state index contributed by atoms with van der Waals surface area (Å²) in [5, 5.41) is 0. The molecule has 0 heterocycles. The van der Waals surface area contributed by atoms with E-state index in [1.165, 1.54) is 20.0 Å². The Morgan fingerprint density at radius 3 is 1.95 bits per heavy atom. The van der Waals surface area contributed by atoms with E-state index in [0.717, 1.165) is 19.3 Å². The predicted molar refractivity (Wildman–Crippen MR) is 170 cm³/mol. The van der Waals surface area contributed by atoms with Crippen LogP contribution in [-0.4, -0.2) is 62.1 Å². The summed E-state index contributed by atoms with van der Waals surface area (Å²) in [5.41, 5.74) is 0. The van der Waals surface area contributed by atoms with Gasteiger partial charge in [0.1, 0.15) is 5.78 Å². The summed E-state index contributed by atoms with van der Waals surface area (Å²) in [6.07, 6.45) is 12.9. The van der Waals surface area contributed by atoms with Gasteiger partial charge in [0, 0.05) is 25.2 Å². The van der Waals surface area contributed by atoms with Crippen LogP contribution in [0, 0.1) is 11.8 Å². The Balaban J connectivity index is 3.21. The molecule has 1 rings (SSSR count). The van der Waals surface area contributed by atoms with E-state index in [-0.39, 0.29) is 41.9 Å². The molecule has 0 radical (unpaired) electrons. The lowest BCUT2D eigenvalue weighted by Crippen LogP contribution is -2.36. The van der Waals surface area contributed by atoms with Gasteiger partial charge in [-0.3, -0.25) is 9.59 Å². The average Bonchev–Trinajstić information content (AvgIpc) is 3.06. The molecule has 0 aromatic carbocycles. The lowest BCUT2D eigenvalue weighted by atomic mass is 9.87. The second kappa shape index (κ2) is 16.8. The Bertz CT molecular complexity index is 766. The molecule has 39 heavy (non-hydrogen) atoms. The lowest BCUT2D eigenvalue weighted by molar-refractivity contribution is -0.140. The number of carbonyl (C=O) groups excluding carboxylic acids is 2. The predicted octanol–water partition coefficient (Wildman–Crippen LogP) is 8.11. The summed E-state index contributed by atoms with van der Waals surface area (Å²) in [4.78, 5) is 24.7. The molecule has 0 amide bonds. The van der Waals surface area contributed by atoms with E-state index < -0.39 is 25.0 Å². The number of methoxy groups -OCH3 is 1. The van der Waals surface area contributed by atoms with Gasteiger partial charge in [0.2, 0.25) is 0 Å². The molecular formula is C30H60O6Si3. The number of Topliss-reactive ketones (excluding diaryl/α,β-unsaturated/α-hetero) is 1. The Kier molecular flexibility index (Phi) is 15.7. The molecule has 9 heteroatoms. The van der Waals surface area contributed by atoms with Crippen LogP contribution >= 0.6 is 0 Å².